The highest BCUT2D eigenvalue weighted by Gasteiger charge is 2.12. The van der Waals surface area contributed by atoms with Crippen LogP contribution in [-0.4, -0.2) is 15.5 Å². The molecule has 1 heterocycles. The van der Waals surface area contributed by atoms with Crippen LogP contribution in [0.2, 0.25) is 10.0 Å². The van der Waals surface area contributed by atoms with E-state index in [0.29, 0.717) is 16.6 Å². The van der Waals surface area contributed by atoms with Gasteiger partial charge in [0.25, 0.3) is 0 Å². The molecule has 2 N–H and O–H groups in total. The minimum atomic E-state index is 0.0562. The van der Waals surface area contributed by atoms with Crippen LogP contribution in [0.15, 0.2) is 24.4 Å². The molecule has 0 fully saturated rings. The normalized spacial score (nSPS) is 11.8. The fraction of sp³-hybridized carbons (Fsp3) is 0.357. The van der Waals surface area contributed by atoms with Crippen LogP contribution in [0, 0.1) is 0 Å². The molecule has 0 bridgehead atoms. The Morgan fingerprint density at radius 1 is 1.26 bits per heavy atom. The molecular formula is C14H17Cl2N3. The summed E-state index contributed by atoms with van der Waals surface area (Å²) >= 11 is 12.2. The summed E-state index contributed by atoms with van der Waals surface area (Å²) in [6.45, 7) is 7.03. The van der Waals surface area contributed by atoms with Gasteiger partial charge in [-0.3, -0.25) is 0 Å². The lowest BCUT2D eigenvalue weighted by Gasteiger charge is -2.19. The largest absolute Gasteiger partial charge is 0.341 e. The van der Waals surface area contributed by atoms with Crippen LogP contribution < -0.4 is 5.32 Å². The number of aromatic amines is 1. The summed E-state index contributed by atoms with van der Waals surface area (Å²) in [6.07, 6.45) is 1.78. The number of imidazole rings is 1. The fourth-order valence-electron chi connectivity index (χ4n) is 1.65. The molecule has 0 spiro atoms. The summed E-state index contributed by atoms with van der Waals surface area (Å²) in [5.74, 6) is 0.876. The van der Waals surface area contributed by atoms with Gasteiger partial charge in [0, 0.05) is 11.1 Å². The van der Waals surface area contributed by atoms with Crippen molar-refractivity contribution >= 4 is 23.2 Å². The first kappa shape index (κ1) is 14.4. The molecule has 0 aliphatic carbocycles. The average Bonchev–Trinajstić information content (AvgIpc) is 2.78. The maximum atomic E-state index is 6.19. The third-order valence-electron chi connectivity index (χ3n) is 2.66. The summed E-state index contributed by atoms with van der Waals surface area (Å²) in [5.41, 5.74) is 1.79. The van der Waals surface area contributed by atoms with Gasteiger partial charge < -0.3 is 10.3 Å². The van der Waals surface area contributed by atoms with Crippen molar-refractivity contribution in [1.82, 2.24) is 15.3 Å². The van der Waals surface area contributed by atoms with E-state index in [1.54, 1.807) is 12.3 Å². The molecule has 1 aromatic carbocycles. The van der Waals surface area contributed by atoms with Crippen molar-refractivity contribution in [1.29, 1.82) is 0 Å². The second kappa shape index (κ2) is 5.53. The zero-order valence-electron chi connectivity index (χ0n) is 11.2. The lowest BCUT2D eigenvalue weighted by molar-refractivity contribution is 0.418. The Morgan fingerprint density at radius 3 is 2.68 bits per heavy atom. The second-order valence-corrected chi connectivity index (χ2v) is 6.23. The summed E-state index contributed by atoms with van der Waals surface area (Å²) in [5, 5.41) is 4.47. The van der Waals surface area contributed by atoms with E-state index in [1.807, 2.05) is 12.1 Å². The van der Waals surface area contributed by atoms with Gasteiger partial charge in [-0.05, 0) is 26.8 Å². The molecule has 0 aliphatic rings. The summed E-state index contributed by atoms with van der Waals surface area (Å²) in [6, 6.07) is 5.56. The second-order valence-electron chi connectivity index (χ2n) is 5.45. The van der Waals surface area contributed by atoms with Crippen LogP contribution in [-0.2, 0) is 6.54 Å². The summed E-state index contributed by atoms with van der Waals surface area (Å²) in [4.78, 5) is 7.60. The van der Waals surface area contributed by atoms with E-state index < -0.39 is 0 Å². The van der Waals surface area contributed by atoms with E-state index in [1.165, 1.54) is 0 Å². The molecule has 0 saturated carbocycles. The number of hydrogen-bond acceptors (Lipinski definition) is 2. The fourth-order valence-corrected chi connectivity index (χ4v) is 2.05. The molecule has 0 aliphatic heterocycles. The molecule has 0 atom stereocenters. The number of H-pyrrole nitrogens is 1. The number of nitrogens with one attached hydrogen (secondary N) is 2. The third kappa shape index (κ3) is 3.72. The topological polar surface area (TPSA) is 40.7 Å². The highest BCUT2D eigenvalue weighted by Crippen LogP contribution is 2.32. The van der Waals surface area contributed by atoms with E-state index in [-0.39, 0.29) is 5.54 Å². The van der Waals surface area contributed by atoms with E-state index >= 15 is 0 Å². The first-order chi connectivity index (χ1) is 8.87. The Labute approximate surface area is 123 Å². The van der Waals surface area contributed by atoms with Crippen LogP contribution in [0.1, 0.15) is 26.6 Å². The molecular weight excluding hydrogens is 281 g/mol. The van der Waals surface area contributed by atoms with E-state index in [4.69, 9.17) is 23.2 Å². The monoisotopic (exact) mass is 297 g/mol. The maximum Gasteiger partial charge on any atom is 0.120 e. The van der Waals surface area contributed by atoms with Gasteiger partial charge in [-0.1, -0.05) is 35.3 Å². The quantitative estimate of drug-likeness (QED) is 0.888. The van der Waals surface area contributed by atoms with Crippen LogP contribution in [0.5, 0.6) is 0 Å². The molecule has 0 radical (unpaired) electrons. The van der Waals surface area contributed by atoms with Gasteiger partial charge in [-0.25, -0.2) is 4.98 Å². The van der Waals surface area contributed by atoms with Crippen molar-refractivity contribution in [2.75, 3.05) is 0 Å². The number of nitrogens with zero attached hydrogens (tertiary/aromatic N) is 1. The molecule has 5 heteroatoms. The number of aromatic nitrogens is 2. The number of halogens is 2. The van der Waals surface area contributed by atoms with Crippen LogP contribution in [0.3, 0.4) is 0 Å². The van der Waals surface area contributed by atoms with Gasteiger partial charge in [0.05, 0.1) is 28.5 Å². The predicted octanol–water partition coefficient (Wildman–Crippen LogP) is 4.27. The minimum absolute atomic E-state index is 0.0562. The molecule has 0 amide bonds. The first-order valence-corrected chi connectivity index (χ1v) is 6.86. The van der Waals surface area contributed by atoms with Crippen molar-refractivity contribution < 1.29 is 0 Å². The van der Waals surface area contributed by atoms with Crippen molar-refractivity contribution in [2.24, 2.45) is 0 Å². The number of hydrogen-bond donors (Lipinski definition) is 2. The predicted molar refractivity (Wildman–Crippen MR) is 80.6 cm³/mol. The SMILES string of the molecule is CC(C)(C)NCc1ncc(-c2cccc(Cl)c2Cl)[nH]1. The Balaban J connectivity index is 2.19. The molecule has 3 nitrogen and oxygen atoms in total. The molecule has 19 heavy (non-hydrogen) atoms. The maximum absolute atomic E-state index is 6.19. The highest BCUT2D eigenvalue weighted by molar-refractivity contribution is 6.43. The molecule has 0 unspecified atom stereocenters. The standard InChI is InChI=1S/C14H17Cl2N3/c1-14(2,3)18-8-12-17-7-11(19-12)9-5-4-6-10(15)13(9)16/h4-7,18H,8H2,1-3H3,(H,17,19). The molecule has 1 aromatic heterocycles. The van der Waals surface area contributed by atoms with Crippen molar-refractivity contribution in [3.05, 3.63) is 40.3 Å². The van der Waals surface area contributed by atoms with E-state index in [2.05, 4.69) is 36.1 Å². The minimum Gasteiger partial charge on any atom is -0.341 e. The van der Waals surface area contributed by atoms with E-state index in [0.717, 1.165) is 17.1 Å². The third-order valence-corrected chi connectivity index (χ3v) is 3.48. The van der Waals surface area contributed by atoms with Gasteiger partial charge in [0.2, 0.25) is 0 Å². The summed E-state index contributed by atoms with van der Waals surface area (Å²) < 4.78 is 0. The Hall–Kier alpha value is -1.03. The zero-order valence-corrected chi connectivity index (χ0v) is 12.7. The zero-order chi connectivity index (χ0) is 14.0. The molecule has 102 valence electrons. The van der Waals surface area contributed by atoms with Crippen LogP contribution >= 0.6 is 23.2 Å². The van der Waals surface area contributed by atoms with Crippen molar-refractivity contribution in [3.63, 3.8) is 0 Å². The van der Waals surface area contributed by atoms with Gasteiger partial charge >= 0.3 is 0 Å². The van der Waals surface area contributed by atoms with Gasteiger partial charge in [-0.2, -0.15) is 0 Å². The van der Waals surface area contributed by atoms with Gasteiger partial charge in [0.15, 0.2) is 0 Å². The Kier molecular flexibility index (Phi) is 4.19. The number of benzene rings is 1. The van der Waals surface area contributed by atoms with Crippen molar-refractivity contribution in [2.45, 2.75) is 32.9 Å². The van der Waals surface area contributed by atoms with Crippen LogP contribution in [0.4, 0.5) is 0 Å². The summed E-state index contributed by atoms with van der Waals surface area (Å²) in [7, 11) is 0. The molecule has 2 aromatic rings. The smallest absolute Gasteiger partial charge is 0.120 e. The number of rotatable bonds is 3. The first-order valence-electron chi connectivity index (χ1n) is 6.10. The lowest BCUT2D eigenvalue weighted by Crippen LogP contribution is -2.35. The van der Waals surface area contributed by atoms with Gasteiger partial charge in [-0.15, -0.1) is 0 Å². The van der Waals surface area contributed by atoms with Crippen molar-refractivity contribution in [3.8, 4) is 11.3 Å². The molecule has 0 saturated heterocycles. The Bertz CT molecular complexity index is 570. The Morgan fingerprint density at radius 2 is 2.00 bits per heavy atom. The lowest BCUT2D eigenvalue weighted by atomic mass is 10.1. The average molecular weight is 298 g/mol. The highest BCUT2D eigenvalue weighted by atomic mass is 35.5. The van der Waals surface area contributed by atoms with E-state index in [9.17, 15) is 0 Å². The van der Waals surface area contributed by atoms with Gasteiger partial charge in [0.1, 0.15) is 5.82 Å². The molecule has 2 rings (SSSR count). The van der Waals surface area contributed by atoms with Crippen LogP contribution in [0.25, 0.3) is 11.3 Å².